The van der Waals surface area contributed by atoms with E-state index >= 15 is 0 Å². The van der Waals surface area contributed by atoms with Gasteiger partial charge in [-0.2, -0.15) is 0 Å². The maximum Gasteiger partial charge on any atom is 0.130 e. The Bertz CT molecular complexity index is 347. The Hall–Kier alpha value is -0.960. The van der Waals surface area contributed by atoms with Crippen molar-refractivity contribution in [2.24, 2.45) is 5.73 Å². The van der Waals surface area contributed by atoms with E-state index in [0.29, 0.717) is 6.54 Å². The van der Waals surface area contributed by atoms with Gasteiger partial charge < -0.3 is 5.73 Å². The molecule has 0 aliphatic heterocycles. The average Bonchev–Trinajstić information content (AvgIpc) is 2.43. The van der Waals surface area contributed by atoms with Crippen molar-refractivity contribution in [3.63, 3.8) is 0 Å². The molecule has 0 saturated heterocycles. The first-order valence-electron chi connectivity index (χ1n) is 5.86. The third-order valence-electron chi connectivity index (χ3n) is 3.05. The summed E-state index contributed by atoms with van der Waals surface area (Å²) in [7, 11) is 0. The molecular formula is C12H19N3. The van der Waals surface area contributed by atoms with Crippen molar-refractivity contribution in [2.75, 3.05) is 6.54 Å². The first-order chi connectivity index (χ1) is 7.31. The van der Waals surface area contributed by atoms with Gasteiger partial charge in [0.25, 0.3) is 0 Å². The van der Waals surface area contributed by atoms with E-state index in [9.17, 15) is 0 Å². The highest BCUT2D eigenvalue weighted by Crippen LogP contribution is 2.21. The second-order valence-electron chi connectivity index (χ2n) is 4.25. The van der Waals surface area contributed by atoms with Gasteiger partial charge in [-0.3, -0.25) is 0 Å². The highest BCUT2D eigenvalue weighted by Gasteiger charge is 2.13. The zero-order valence-electron chi connectivity index (χ0n) is 9.42. The quantitative estimate of drug-likeness (QED) is 0.745. The summed E-state index contributed by atoms with van der Waals surface area (Å²) >= 11 is 0. The van der Waals surface area contributed by atoms with Gasteiger partial charge in [0, 0.05) is 17.8 Å². The lowest BCUT2D eigenvalue weighted by atomic mass is 10.1. The van der Waals surface area contributed by atoms with Gasteiger partial charge in [0.15, 0.2) is 0 Å². The summed E-state index contributed by atoms with van der Waals surface area (Å²) in [5, 5.41) is 0. The van der Waals surface area contributed by atoms with Gasteiger partial charge in [-0.15, -0.1) is 0 Å². The van der Waals surface area contributed by atoms with Crippen LogP contribution in [0.15, 0.2) is 0 Å². The number of rotatable bonds is 2. The smallest absolute Gasteiger partial charge is 0.130 e. The third kappa shape index (κ3) is 2.34. The first-order valence-corrected chi connectivity index (χ1v) is 5.86. The fourth-order valence-electron chi connectivity index (χ4n) is 2.26. The average molecular weight is 205 g/mol. The van der Waals surface area contributed by atoms with E-state index < -0.39 is 0 Å². The number of fused-ring (bicyclic) bond motifs is 1. The maximum atomic E-state index is 5.54. The molecule has 0 spiro atoms. The molecule has 3 heteroatoms. The molecule has 0 unspecified atom stereocenters. The molecule has 0 aromatic carbocycles. The molecule has 1 aromatic rings. The van der Waals surface area contributed by atoms with Crippen molar-refractivity contribution in [1.82, 2.24) is 9.97 Å². The van der Waals surface area contributed by atoms with Crippen LogP contribution in [0, 0.1) is 6.92 Å². The Kier molecular flexibility index (Phi) is 3.31. The molecule has 15 heavy (non-hydrogen) atoms. The van der Waals surface area contributed by atoms with Crippen LogP contribution in [-0.2, 0) is 19.3 Å². The molecule has 0 amide bonds. The van der Waals surface area contributed by atoms with Crippen molar-refractivity contribution >= 4 is 0 Å². The van der Waals surface area contributed by atoms with Crippen molar-refractivity contribution in [3.05, 3.63) is 22.8 Å². The van der Waals surface area contributed by atoms with Crippen molar-refractivity contribution < 1.29 is 0 Å². The molecule has 0 bridgehead atoms. The Morgan fingerprint density at radius 3 is 2.73 bits per heavy atom. The van der Waals surface area contributed by atoms with Crippen LogP contribution in [0.5, 0.6) is 0 Å². The van der Waals surface area contributed by atoms with E-state index in [2.05, 4.69) is 16.9 Å². The van der Waals surface area contributed by atoms with Crippen LogP contribution in [0.3, 0.4) is 0 Å². The Labute approximate surface area is 91.1 Å². The van der Waals surface area contributed by atoms with Gasteiger partial charge in [-0.05, 0) is 44.7 Å². The molecule has 0 saturated carbocycles. The van der Waals surface area contributed by atoms with Gasteiger partial charge >= 0.3 is 0 Å². The summed E-state index contributed by atoms with van der Waals surface area (Å²) in [5.41, 5.74) is 9.39. The molecule has 1 heterocycles. The van der Waals surface area contributed by atoms with Crippen LogP contribution < -0.4 is 5.73 Å². The van der Waals surface area contributed by atoms with Crippen LogP contribution in [0.1, 0.15) is 42.0 Å². The molecule has 1 aliphatic carbocycles. The van der Waals surface area contributed by atoms with Gasteiger partial charge in [-0.25, -0.2) is 9.97 Å². The number of nitrogens with two attached hydrogens (primary N) is 1. The van der Waals surface area contributed by atoms with Gasteiger partial charge in [0.1, 0.15) is 5.82 Å². The summed E-state index contributed by atoms with van der Waals surface area (Å²) in [6, 6.07) is 0. The van der Waals surface area contributed by atoms with Crippen molar-refractivity contribution in [2.45, 2.75) is 45.4 Å². The predicted octanol–water partition coefficient (Wildman–Crippen LogP) is 1.56. The van der Waals surface area contributed by atoms with Gasteiger partial charge in [0.2, 0.25) is 0 Å². The number of aryl methyl sites for hydroxylation is 2. The van der Waals surface area contributed by atoms with E-state index in [0.717, 1.165) is 25.1 Å². The van der Waals surface area contributed by atoms with E-state index in [1.807, 2.05) is 0 Å². The molecule has 2 N–H and O–H groups in total. The Morgan fingerprint density at radius 1 is 1.13 bits per heavy atom. The minimum atomic E-state index is 0.637. The Morgan fingerprint density at radius 2 is 1.93 bits per heavy atom. The fourth-order valence-corrected chi connectivity index (χ4v) is 2.26. The van der Waals surface area contributed by atoms with Crippen LogP contribution in [-0.4, -0.2) is 16.5 Å². The molecule has 1 aromatic heterocycles. The fraction of sp³-hybridized carbons (Fsp3) is 0.667. The lowest BCUT2D eigenvalue weighted by molar-refractivity contribution is 0.707. The topological polar surface area (TPSA) is 51.8 Å². The Balaban J connectivity index is 2.35. The van der Waals surface area contributed by atoms with Crippen LogP contribution in [0.25, 0.3) is 0 Å². The molecule has 0 atom stereocenters. The second-order valence-corrected chi connectivity index (χ2v) is 4.25. The van der Waals surface area contributed by atoms with Gasteiger partial charge in [0.05, 0.1) is 0 Å². The predicted molar refractivity (Wildman–Crippen MR) is 60.8 cm³/mol. The minimum absolute atomic E-state index is 0.637. The number of nitrogens with zero attached hydrogens (tertiary/aromatic N) is 2. The second kappa shape index (κ2) is 4.71. The minimum Gasteiger partial charge on any atom is -0.330 e. The van der Waals surface area contributed by atoms with Gasteiger partial charge in [-0.1, -0.05) is 6.42 Å². The highest BCUT2D eigenvalue weighted by atomic mass is 14.9. The summed E-state index contributed by atoms with van der Waals surface area (Å²) in [6.07, 6.45) is 6.95. The largest absolute Gasteiger partial charge is 0.330 e. The van der Waals surface area contributed by atoms with Crippen molar-refractivity contribution in [1.29, 1.82) is 0 Å². The number of hydrogen-bond donors (Lipinski definition) is 1. The zero-order valence-corrected chi connectivity index (χ0v) is 9.42. The van der Waals surface area contributed by atoms with Crippen LogP contribution in [0.2, 0.25) is 0 Å². The van der Waals surface area contributed by atoms with E-state index in [1.54, 1.807) is 0 Å². The SMILES string of the molecule is Cc1nc(CCN)nc2c1CCCCC2. The summed E-state index contributed by atoms with van der Waals surface area (Å²) < 4.78 is 0. The van der Waals surface area contributed by atoms with E-state index in [1.165, 1.54) is 36.2 Å². The normalized spacial score (nSPS) is 15.9. The zero-order chi connectivity index (χ0) is 10.7. The molecular weight excluding hydrogens is 186 g/mol. The molecule has 0 radical (unpaired) electrons. The standard InChI is InChI=1S/C12H19N3/c1-9-10-5-3-2-4-6-11(10)15-12(14-9)7-8-13/h2-8,13H2,1H3. The highest BCUT2D eigenvalue weighted by molar-refractivity contribution is 5.26. The lowest BCUT2D eigenvalue weighted by Gasteiger charge is -2.09. The van der Waals surface area contributed by atoms with Crippen LogP contribution in [0.4, 0.5) is 0 Å². The molecule has 1 aliphatic rings. The maximum absolute atomic E-state index is 5.54. The van der Waals surface area contributed by atoms with Crippen molar-refractivity contribution in [3.8, 4) is 0 Å². The molecule has 82 valence electrons. The molecule has 3 nitrogen and oxygen atoms in total. The lowest BCUT2D eigenvalue weighted by Crippen LogP contribution is -2.11. The summed E-state index contributed by atoms with van der Waals surface area (Å²) in [4.78, 5) is 9.16. The first kappa shape index (κ1) is 10.6. The van der Waals surface area contributed by atoms with E-state index in [-0.39, 0.29) is 0 Å². The van der Waals surface area contributed by atoms with E-state index in [4.69, 9.17) is 5.73 Å². The number of hydrogen-bond acceptors (Lipinski definition) is 3. The molecule has 0 fully saturated rings. The van der Waals surface area contributed by atoms with Crippen LogP contribution >= 0.6 is 0 Å². The summed E-state index contributed by atoms with van der Waals surface area (Å²) in [5.74, 6) is 0.927. The summed E-state index contributed by atoms with van der Waals surface area (Å²) in [6.45, 7) is 2.74. The molecule has 2 rings (SSSR count). The third-order valence-corrected chi connectivity index (χ3v) is 3.05. The monoisotopic (exact) mass is 205 g/mol. The number of aromatic nitrogens is 2.